The summed E-state index contributed by atoms with van der Waals surface area (Å²) in [4.78, 5) is 48.3. The van der Waals surface area contributed by atoms with Crippen molar-refractivity contribution in [2.24, 2.45) is 0 Å². The number of ether oxygens (including phenoxy) is 1. The van der Waals surface area contributed by atoms with Crippen molar-refractivity contribution in [3.63, 3.8) is 0 Å². The van der Waals surface area contributed by atoms with Crippen molar-refractivity contribution in [2.75, 3.05) is 12.8 Å². The number of esters is 1. The number of H-pyrrole nitrogens is 1. The number of benzene rings is 1. The normalized spacial score (nSPS) is 10.3. The van der Waals surface area contributed by atoms with E-state index in [1.165, 1.54) is 6.07 Å². The van der Waals surface area contributed by atoms with Gasteiger partial charge in [0.1, 0.15) is 22.8 Å². The van der Waals surface area contributed by atoms with E-state index >= 15 is 0 Å². The zero-order valence-corrected chi connectivity index (χ0v) is 12.6. The molecular formula is C15H11FN2O7. The van der Waals surface area contributed by atoms with Gasteiger partial charge in [0.05, 0.1) is 12.7 Å². The van der Waals surface area contributed by atoms with Gasteiger partial charge in [-0.3, -0.25) is 4.79 Å². The van der Waals surface area contributed by atoms with Crippen LogP contribution in [0.1, 0.15) is 31.1 Å². The maximum atomic E-state index is 14.7. The van der Waals surface area contributed by atoms with Gasteiger partial charge in [-0.2, -0.15) is 0 Å². The van der Waals surface area contributed by atoms with Crippen LogP contribution in [0.5, 0.6) is 0 Å². The van der Waals surface area contributed by atoms with Crippen LogP contribution >= 0.6 is 0 Å². The Morgan fingerprint density at radius 1 is 1.16 bits per heavy atom. The lowest BCUT2D eigenvalue weighted by atomic mass is 9.93. The molecule has 0 aliphatic carbocycles. The molecule has 2 rings (SSSR count). The van der Waals surface area contributed by atoms with Crippen molar-refractivity contribution in [3.8, 4) is 11.1 Å². The van der Waals surface area contributed by atoms with Crippen molar-refractivity contribution in [3.05, 3.63) is 51.1 Å². The molecule has 1 aromatic carbocycles. The summed E-state index contributed by atoms with van der Waals surface area (Å²) in [6, 6.07) is 3.26. The highest BCUT2D eigenvalue weighted by Crippen LogP contribution is 2.32. The number of nitrogens with one attached hydrogen (secondary N) is 1. The molecule has 0 fully saturated rings. The molecule has 0 aliphatic rings. The van der Waals surface area contributed by atoms with Crippen LogP contribution in [0.25, 0.3) is 11.1 Å². The van der Waals surface area contributed by atoms with Gasteiger partial charge in [-0.1, -0.05) is 12.1 Å². The highest BCUT2D eigenvalue weighted by molar-refractivity contribution is 6.07. The van der Waals surface area contributed by atoms with E-state index in [2.05, 4.69) is 4.74 Å². The third-order valence-electron chi connectivity index (χ3n) is 3.35. The Morgan fingerprint density at radius 3 is 2.28 bits per heavy atom. The number of nitrogen functional groups attached to an aromatic ring is 1. The fourth-order valence-corrected chi connectivity index (χ4v) is 2.31. The van der Waals surface area contributed by atoms with Gasteiger partial charge >= 0.3 is 17.9 Å². The average molecular weight is 350 g/mol. The van der Waals surface area contributed by atoms with Crippen LogP contribution in [0, 0.1) is 5.82 Å². The minimum atomic E-state index is -1.79. The number of aromatic nitrogens is 1. The Morgan fingerprint density at radius 2 is 1.76 bits per heavy atom. The van der Waals surface area contributed by atoms with Gasteiger partial charge in [-0.25, -0.2) is 18.8 Å². The first-order chi connectivity index (χ1) is 11.7. The van der Waals surface area contributed by atoms with Gasteiger partial charge in [0.25, 0.3) is 5.56 Å². The summed E-state index contributed by atoms with van der Waals surface area (Å²) in [5.74, 6) is -6.44. The molecular weight excluding hydrogens is 339 g/mol. The fourth-order valence-electron chi connectivity index (χ4n) is 2.31. The first-order valence-corrected chi connectivity index (χ1v) is 6.60. The quantitative estimate of drug-likeness (QED) is 0.593. The summed E-state index contributed by atoms with van der Waals surface area (Å²) in [5.41, 5.74) is 0.520. The second kappa shape index (κ2) is 6.43. The van der Waals surface area contributed by atoms with Crippen LogP contribution in [0.4, 0.5) is 10.2 Å². The van der Waals surface area contributed by atoms with Crippen LogP contribution in [0.15, 0.2) is 23.0 Å². The summed E-state index contributed by atoms with van der Waals surface area (Å²) in [7, 11) is 1.00. The van der Waals surface area contributed by atoms with Gasteiger partial charge < -0.3 is 25.7 Å². The number of aromatic carboxylic acids is 2. The van der Waals surface area contributed by atoms with Crippen LogP contribution in [0.2, 0.25) is 0 Å². The number of anilines is 1. The Balaban J connectivity index is 3.02. The highest BCUT2D eigenvalue weighted by Gasteiger charge is 2.29. The number of rotatable bonds is 4. The number of pyridine rings is 1. The number of hydrogen-bond donors (Lipinski definition) is 4. The van der Waals surface area contributed by atoms with E-state index in [-0.39, 0.29) is 0 Å². The minimum absolute atomic E-state index is 0.563. The molecule has 1 aromatic heterocycles. The number of carboxylic acids is 2. The van der Waals surface area contributed by atoms with E-state index in [0.29, 0.717) is 0 Å². The van der Waals surface area contributed by atoms with Crippen LogP contribution in [-0.4, -0.2) is 40.2 Å². The molecule has 130 valence electrons. The number of carbonyl (C=O) groups excluding carboxylic acids is 1. The molecule has 5 N–H and O–H groups in total. The smallest absolute Gasteiger partial charge is 0.342 e. The molecule has 0 radical (unpaired) electrons. The Bertz CT molecular complexity index is 965. The van der Waals surface area contributed by atoms with Gasteiger partial charge in [0.15, 0.2) is 0 Å². The predicted octanol–water partition coefficient (Wildman–Crippen LogP) is 0.946. The molecule has 25 heavy (non-hydrogen) atoms. The third-order valence-corrected chi connectivity index (χ3v) is 3.35. The monoisotopic (exact) mass is 350 g/mol. The molecule has 0 saturated heterocycles. The number of methoxy groups -OCH3 is 1. The zero-order chi connectivity index (χ0) is 18.9. The van der Waals surface area contributed by atoms with E-state index in [0.717, 1.165) is 19.2 Å². The molecule has 0 spiro atoms. The molecule has 0 aliphatic heterocycles. The number of nitrogens with two attached hydrogens (primary N) is 1. The van der Waals surface area contributed by atoms with E-state index < -0.39 is 62.9 Å². The Labute approximate surface area is 138 Å². The largest absolute Gasteiger partial charge is 0.478 e. The molecule has 0 bridgehead atoms. The lowest BCUT2D eigenvalue weighted by molar-refractivity contribution is 0.0594. The second-order valence-electron chi connectivity index (χ2n) is 4.76. The summed E-state index contributed by atoms with van der Waals surface area (Å²) < 4.78 is 19.1. The lowest BCUT2D eigenvalue weighted by Crippen LogP contribution is -2.24. The molecule has 1 heterocycles. The second-order valence-corrected chi connectivity index (χ2v) is 4.76. The first-order valence-electron chi connectivity index (χ1n) is 6.60. The maximum absolute atomic E-state index is 14.7. The SMILES string of the molecule is COC(=O)c1cccc(-c2c(C(=O)O)c(N)[nH]c(=O)c2C(=O)O)c1F. The van der Waals surface area contributed by atoms with Crippen molar-refractivity contribution in [2.45, 2.75) is 0 Å². The third kappa shape index (κ3) is 2.92. The van der Waals surface area contributed by atoms with E-state index in [9.17, 15) is 33.8 Å². The minimum Gasteiger partial charge on any atom is -0.478 e. The number of carboxylic acid groups (broad SMARTS) is 2. The van der Waals surface area contributed by atoms with Gasteiger partial charge in [-0.15, -0.1) is 0 Å². The first kappa shape index (κ1) is 17.7. The molecule has 0 atom stereocenters. The van der Waals surface area contributed by atoms with Crippen molar-refractivity contribution in [1.29, 1.82) is 0 Å². The van der Waals surface area contributed by atoms with E-state index in [1.807, 2.05) is 4.98 Å². The molecule has 9 nitrogen and oxygen atoms in total. The van der Waals surface area contributed by atoms with Crippen molar-refractivity contribution >= 4 is 23.7 Å². The predicted molar refractivity (Wildman–Crippen MR) is 82.1 cm³/mol. The van der Waals surface area contributed by atoms with Crippen LogP contribution in [0.3, 0.4) is 0 Å². The van der Waals surface area contributed by atoms with Gasteiger partial charge in [-0.05, 0) is 6.07 Å². The summed E-state index contributed by atoms with van der Waals surface area (Å²) >= 11 is 0. The maximum Gasteiger partial charge on any atom is 0.342 e. The van der Waals surface area contributed by atoms with Crippen LogP contribution in [-0.2, 0) is 4.74 Å². The van der Waals surface area contributed by atoms with E-state index in [1.54, 1.807) is 0 Å². The highest BCUT2D eigenvalue weighted by atomic mass is 19.1. The number of halogens is 1. The van der Waals surface area contributed by atoms with Crippen molar-refractivity contribution < 1.29 is 33.7 Å². The molecule has 10 heteroatoms. The molecule has 0 amide bonds. The molecule has 2 aromatic rings. The lowest BCUT2D eigenvalue weighted by Gasteiger charge is -2.13. The zero-order valence-electron chi connectivity index (χ0n) is 12.6. The molecule has 0 unspecified atom stereocenters. The molecule has 0 saturated carbocycles. The fraction of sp³-hybridized carbons (Fsp3) is 0.0667. The average Bonchev–Trinajstić information content (AvgIpc) is 2.52. The van der Waals surface area contributed by atoms with Crippen LogP contribution < -0.4 is 11.3 Å². The Hall–Kier alpha value is -3.69. The summed E-state index contributed by atoms with van der Waals surface area (Å²) in [6.45, 7) is 0. The van der Waals surface area contributed by atoms with E-state index in [4.69, 9.17) is 5.73 Å². The van der Waals surface area contributed by atoms with Gasteiger partial charge in [0, 0.05) is 11.1 Å². The topological polar surface area (TPSA) is 160 Å². The number of aromatic amines is 1. The summed E-state index contributed by atoms with van der Waals surface area (Å²) in [5, 5.41) is 18.6. The summed E-state index contributed by atoms with van der Waals surface area (Å²) in [6.07, 6.45) is 0. The van der Waals surface area contributed by atoms with Crippen molar-refractivity contribution in [1.82, 2.24) is 4.98 Å². The Kier molecular flexibility index (Phi) is 4.54. The standard InChI is InChI=1S/C15H11FN2O7/c1-25-15(24)6-4-2-3-5(10(6)16)7-8(13(20)21)11(17)18-12(19)9(7)14(22)23/h2-4H,1H3,(H,20,21)(H,22,23)(H3,17,18,19). The number of carbonyl (C=O) groups is 3. The van der Waals surface area contributed by atoms with Gasteiger partial charge in [0.2, 0.25) is 0 Å². The number of hydrogen-bond acceptors (Lipinski definition) is 6.